The molecule has 2 aromatic carbocycles. The van der Waals surface area contributed by atoms with Crippen molar-refractivity contribution in [2.45, 2.75) is 51.1 Å². The van der Waals surface area contributed by atoms with Gasteiger partial charge in [-0.1, -0.05) is 25.0 Å². The average Bonchev–Trinajstić information content (AvgIpc) is 3.20. The molecule has 174 valence electrons. The smallest absolute Gasteiger partial charge is 0.258 e. The molecule has 0 bridgehead atoms. The molecule has 0 aromatic heterocycles. The molecule has 4 rings (SSSR count). The van der Waals surface area contributed by atoms with E-state index in [9.17, 15) is 18.8 Å². The Bertz CT molecular complexity index is 1070. The van der Waals surface area contributed by atoms with Gasteiger partial charge in [0.1, 0.15) is 17.6 Å². The Morgan fingerprint density at radius 2 is 1.82 bits per heavy atom. The quantitative estimate of drug-likeness (QED) is 0.710. The van der Waals surface area contributed by atoms with Gasteiger partial charge in [-0.25, -0.2) is 4.39 Å². The molecule has 2 N–H and O–H groups in total. The molecule has 0 spiro atoms. The van der Waals surface area contributed by atoms with Gasteiger partial charge in [0.2, 0.25) is 11.8 Å². The molecule has 1 aliphatic carbocycles. The van der Waals surface area contributed by atoms with Crippen LogP contribution in [0.1, 0.15) is 49.4 Å². The first-order valence-electron chi connectivity index (χ1n) is 11.2. The largest absolute Gasteiger partial charge is 0.496 e. The summed E-state index contributed by atoms with van der Waals surface area (Å²) in [5.74, 6) is -0.822. The first-order chi connectivity index (χ1) is 15.9. The SMILES string of the molecule is COc1ccccc1C(=O)N1C(C(=O)Nc2ccc(F)c(NC(C)=O)c2)CC2CCCCC21. The topological polar surface area (TPSA) is 87.7 Å². The Morgan fingerprint density at radius 3 is 2.58 bits per heavy atom. The number of nitrogens with zero attached hydrogens (tertiary/aromatic N) is 1. The lowest BCUT2D eigenvalue weighted by Crippen LogP contribution is -2.48. The Kier molecular flexibility index (Phi) is 6.62. The van der Waals surface area contributed by atoms with E-state index >= 15 is 0 Å². The number of hydrogen-bond donors (Lipinski definition) is 2. The number of amides is 3. The first-order valence-corrected chi connectivity index (χ1v) is 11.2. The number of halogens is 1. The fraction of sp³-hybridized carbons (Fsp3) is 0.400. The van der Waals surface area contributed by atoms with E-state index in [2.05, 4.69) is 10.6 Å². The molecule has 33 heavy (non-hydrogen) atoms. The van der Waals surface area contributed by atoms with Crippen molar-refractivity contribution < 1.29 is 23.5 Å². The zero-order chi connectivity index (χ0) is 23.5. The number of rotatable bonds is 5. The van der Waals surface area contributed by atoms with Gasteiger partial charge in [-0.3, -0.25) is 14.4 Å². The zero-order valence-electron chi connectivity index (χ0n) is 18.8. The van der Waals surface area contributed by atoms with Gasteiger partial charge >= 0.3 is 0 Å². The van der Waals surface area contributed by atoms with Crippen molar-refractivity contribution in [3.8, 4) is 5.75 Å². The monoisotopic (exact) mass is 453 g/mol. The molecule has 1 aliphatic heterocycles. The van der Waals surface area contributed by atoms with Gasteiger partial charge in [-0.05, 0) is 55.5 Å². The van der Waals surface area contributed by atoms with Crippen molar-refractivity contribution in [3.63, 3.8) is 0 Å². The molecule has 1 heterocycles. The molecule has 1 saturated heterocycles. The second-order valence-electron chi connectivity index (χ2n) is 8.64. The van der Waals surface area contributed by atoms with Crippen molar-refractivity contribution in [2.24, 2.45) is 5.92 Å². The molecule has 2 aliphatic rings. The van der Waals surface area contributed by atoms with E-state index in [1.54, 1.807) is 29.2 Å². The minimum atomic E-state index is -0.648. The number of hydrogen-bond acceptors (Lipinski definition) is 4. The maximum atomic E-state index is 14.0. The van der Waals surface area contributed by atoms with Crippen molar-refractivity contribution in [2.75, 3.05) is 17.7 Å². The Balaban J connectivity index is 1.61. The number of methoxy groups -OCH3 is 1. The lowest BCUT2D eigenvalue weighted by molar-refractivity contribution is -0.120. The van der Waals surface area contributed by atoms with Gasteiger partial charge in [-0.2, -0.15) is 0 Å². The van der Waals surface area contributed by atoms with Crippen LogP contribution >= 0.6 is 0 Å². The molecule has 2 aromatic rings. The van der Waals surface area contributed by atoms with Crippen LogP contribution in [-0.4, -0.2) is 41.8 Å². The van der Waals surface area contributed by atoms with Crippen LogP contribution in [0.5, 0.6) is 5.75 Å². The lowest BCUT2D eigenvalue weighted by Gasteiger charge is -2.34. The molecule has 8 heteroatoms. The second kappa shape index (κ2) is 9.60. The van der Waals surface area contributed by atoms with E-state index in [-0.39, 0.29) is 29.5 Å². The normalized spacial score (nSPS) is 21.8. The summed E-state index contributed by atoms with van der Waals surface area (Å²) in [4.78, 5) is 40.1. The van der Waals surface area contributed by atoms with Crippen LogP contribution in [-0.2, 0) is 9.59 Å². The Morgan fingerprint density at radius 1 is 1.06 bits per heavy atom. The van der Waals surface area contributed by atoms with E-state index in [4.69, 9.17) is 4.74 Å². The fourth-order valence-corrected chi connectivity index (χ4v) is 5.06. The van der Waals surface area contributed by atoms with Gasteiger partial charge in [0.05, 0.1) is 18.4 Å². The van der Waals surface area contributed by atoms with Crippen molar-refractivity contribution in [1.29, 1.82) is 0 Å². The highest BCUT2D eigenvalue weighted by Crippen LogP contribution is 2.41. The molecule has 7 nitrogen and oxygen atoms in total. The lowest BCUT2D eigenvalue weighted by atomic mass is 9.84. The number of anilines is 2. The van der Waals surface area contributed by atoms with Crippen molar-refractivity contribution in [1.82, 2.24) is 4.90 Å². The standard InChI is InChI=1S/C25H28FN3O4/c1-15(30)27-20-14-17(11-12-19(20)26)28-24(31)22-13-16-7-3-5-9-21(16)29(22)25(32)18-8-4-6-10-23(18)33-2/h4,6,8,10-12,14,16,21-22H,3,5,7,9,13H2,1-2H3,(H,27,30)(H,28,31). The fourth-order valence-electron chi connectivity index (χ4n) is 5.06. The summed E-state index contributed by atoms with van der Waals surface area (Å²) < 4.78 is 19.4. The molecule has 2 fully saturated rings. The third kappa shape index (κ3) is 4.69. The third-order valence-corrected chi connectivity index (χ3v) is 6.51. The number of para-hydroxylation sites is 1. The molecule has 3 unspecified atom stereocenters. The van der Waals surface area contributed by atoms with E-state index in [1.165, 1.54) is 32.2 Å². The number of benzene rings is 2. The molecule has 0 radical (unpaired) electrons. The molecular formula is C25H28FN3O4. The number of likely N-dealkylation sites (tertiary alicyclic amines) is 1. The van der Waals surface area contributed by atoms with Gasteiger partial charge in [-0.15, -0.1) is 0 Å². The highest BCUT2D eigenvalue weighted by Gasteiger charge is 2.48. The molecule has 3 amide bonds. The summed E-state index contributed by atoms with van der Waals surface area (Å²) in [6.07, 6.45) is 4.52. The summed E-state index contributed by atoms with van der Waals surface area (Å²) >= 11 is 0. The number of nitrogens with one attached hydrogen (secondary N) is 2. The minimum absolute atomic E-state index is 0.00456. The van der Waals surface area contributed by atoms with E-state index in [1.807, 2.05) is 0 Å². The van der Waals surface area contributed by atoms with Gasteiger partial charge < -0.3 is 20.3 Å². The number of carbonyl (C=O) groups excluding carboxylic acids is 3. The third-order valence-electron chi connectivity index (χ3n) is 6.51. The van der Waals surface area contributed by atoms with Crippen LogP contribution in [0.15, 0.2) is 42.5 Å². The molecule has 1 saturated carbocycles. The van der Waals surface area contributed by atoms with E-state index in [0.29, 0.717) is 23.4 Å². The second-order valence-corrected chi connectivity index (χ2v) is 8.64. The average molecular weight is 454 g/mol. The summed E-state index contributed by atoms with van der Waals surface area (Å²) in [7, 11) is 1.52. The Hall–Kier alpha value is -3.42. The van der Waals surface area contributed by atoms with Gasteiger partial charge in [0, 0.05) is 18.7 Å². The Labute approximate surface area is 192 Å². The van der Waals surface area contributed by atoms with Crippen LogP contribution in [0.2, 0.25) is 0 Å². The van der Waals surface area contributed by atoms with Crippen LogP contribution in [0.4, 0.5) is 15.8 Å². The molecular weight excluding hydrogens is 425 g/mol. The molecule has 3 atom stereocenters. The van der Waals surface area contributed by atoms with Crippen molar-refractivity contribution in [3.05, 3.63) is 53.8 Å². The summed E-state index contributed by atoms with van der Waals surface area (Å²) in [6, 6.07) is 10.4. The predicted octanol–water partition coefficient (Wildman–Crippen LogP) is 4.20. The number of fused-ring (bicyclic) bond motifs is 1. The summed E-state index contributed by atoms with van der Waals surface area (Å²) in [5, 5.41) is 5.23. The maximum absolute atomic E-state index is 14.0. The minimum Gasteiger partial charge on any atom is -0.496 e. The van der Waals surface area contributed by atoms with Gasteiger partial charge in [0.15, 0.2) is 0 Å². The number of ether oxygens (including phenoxy) is 1. The van der Waals surface area contributed by atoms with Crippen LogP contribution in [0, 0.1) is 11.7 Å². The van der Waals surface area contributed by atoms with Crippen LogP contribution < -0.4 is 15.4 Å². The van der Waals surface area contributed by atoms with E-state index in [0.717, 1.165) is 25.7 Å². The summed E-state index contributed by atoms with van der Waals surface area (Å²) in [6.45, 7) is 1.28. The van der Waals surface area contributed by atoms with Crippen LogP contribution in [0.25, 0.3) is 0 Å². The highest BCUT2D eigenvalue weighted by atomic mass is 19.1. The zero-order valence-corrected chi connectivity index (χ0v) is 18.8. The van der Waals surface area contributed by atoms with Crippen molar-refractivity contribution >= 4 is 29.1 Å². The number of carbonyl (C=O) groups is 3. The maximum Gasteiger partial charge on any atom is 0.258 e. The summed E-state index contributed by atoms with van der Waals surface area (Å²) in [5.41, 5.74) is 0.769. The highest BCUT2D eigenvalue weighted by molar-refractivity contribution is 6.03. The van der Waals surface area contributed by atoms with Crippen LogP contribution in [0.3, 0.4) is 0 Å². The first kappa shape index (κ1) is 22.8. The van der Waals surface area contributed by atoms with E-state index < -0.39 is 17.8 Å². The predicted molar refractivity (Wildman–Crippen MR) is 123 cm³/mol. The van der Waals surface area contributed by atoms with Gasteiger partial charge in [0.25, 0.3) is 5.91 Å².